The van der Waals surface area contributed by atoms with Gasteiger partial charge in [0.15, 0.2) is 5.69 Å². The zero-order valence-electron chi connectivity index (χ0n) is 22.0. The molecule has 0 amide bonds. The Labute approximate surface area is 247 Å². The van der Waals surface area contributed by atoms with E-state index in [1.807, 2.05) is 48.9 Å². The standard InChI is InChI=1S/C29H24ClF3N4O2S2/c1-40-14-13-39-21-9-12-23(24(30)15-21)26-16-25-27(35-37(26)20-7-10-22(41-2)11-8-20)28(38)36(34-25)17-18-3-5-19(6-4-18)29(31,32)33/h3-12,15-16H,13-14,17H2,1-2H3. The van der Waals surface area contributed by atoms with E-state index in [9.17, 15) is 18.0 Å². The van der Waals surface area contributed by atoms with Gasteiger partial charge in [0.2, 0.25) is 0 Å². The zero-order valence-corrected chi connectivity index (χ0v) is 24.4. The second kappa shape index (κ2) is 12.2. The van der Waals surface area contributed by atoms with Crippen molar-refractivity contribution in [2.45, 2.75) is 17.6 Å². The smallest absolute Gasteiger partial charge is 0.416 e. The van der Waals surface area contributed by atoms with Crippen LogP contribution in [0.2, 0.25) is 5.02 Å². The lowest BCUT2D eigenvalue weighted by Gasteiger charge is -2.16. The van der Waals surface area contributed by atoms with Gasteiger partial charge in [-0.25, -0.2) is 9.36 Å². The number of halogens is 4. The Morgan fingerprint density at radius 2 is 1.68 bits per heavy atom. The molecule has 0 atom stereocenters. The molecule has 2 aliphatic rings. The topological polar surface area (TPSA) is 61.9 Å². The van der Waals surface area contributed by atoms with E-state index in [1.54, 1.807) is 40.3 Å². The molecule has 0 saturated heterocycles. The number of nitrogens with zero attached hydrogens (tertiary/aromatic N) is 4. The van der Waals surface area contributed by atoms with Crippen LogP contribution < -0.4 is 10.3 Å². The summed E-state index contributed by atoms with van der Waals surface area (Å²) in [6.45, 7) is 0.544. The molecule has 12 heteroatoms. The van der Waals surface area contributed by atoms with Gasteiger partial charge in [0, 0.05) is 16.2 Å². The molecule has 0 fully saturated rings. The molecule has 41 heavy (non-hydrogen) atoms. The molecule has 6 nitrogen and oxygen atoms in total. The molecule has 0 bridgehead atoms. The van der Waals surface area contributed by atoms with Crippen LogP contribution in [0.1, 0.15) is 11.1 Å². The van der Waals surface area contributed by atoms with Crippen molar-refractivity contribution >= 4 is 35.1 Å². The quantitative estimate of drug-likeness (QED) is 0.127. The average molecular weight is 617 g/mol. The van der Waals surface area contributed by atoms with Crippen LogP contribution in [-0.2, 0) is 12.7 Å². The molecule has 0 saturated carbocycles. The molecule has 0 aliphatic carbocycles. The summed E-state index contributed by atoms with van der Waals surface area (Å²) in [6.07, 6.45) is -0.453. The summed E-state index contributed by atoms with van der Waals surface area (Å²) in [5, 5.41) is 9.58. The minimum atomic E-state index is -4.44. The second-order valence-electron chi connectivity index (χ2n) is 9.01. The van der Waals surface area contributed by atoms with Crippen molar-refractivity contribution in [1.82, 2.24) is 19.6 Å². The first-order chi connectivity index (χ1) is 19.7. The molecular weight excluding hydrogens is 593 g/mol. The van der Waals surface area contributed by atoms with Crippen LogP contribution in [-0.4, -0.2) is 44.4 Å². The Morgan fingerprint density at radius 1 is 0.951 bits per heavy atom. The molecule has 2 heterocycles. The Hall–Kier alpha value is -3.41. The maximum absolute atomic E-state index is 13.3. The van der Waals surface area contributed by atoms with Gasteiger partial charge < -0.3 is 4.74 Å². The largest absolute Gasteiger partial charge is 0.493 e. The highest BCUT2D eigenvalue weighted by Gasteiger charge is 2.30. The molecule has 0 N–H and O–H groups in total. The number of benzene rings is 3. The van der Waals surface area contributed by atoms with Gasteiger partial charge in [0.05, 0.1) is 35.1 Å². The summed E-state index contributed by atoms with van der Waals surface area (Å²) in [7, 11) is 0. The highest BCUT2D eigenvalue weighted by Crippen LogP contribution is 2.35. The van der Waals surface area contributed by atoms with E-state index in [1.165, 1.54) is 16.8 Å². The first-order valence-electron chi connectivity index (χ1n) is 12.4. The summed E-state index contributed by atoms with van der Waals surface area (Å²) < 4.78 is 47.5. The molecule has 0 spiro atoms. The van der Waals surface area contributed by atoms with Gasteiger partial charge in [-0.05, 0) is 78.7 Å². The fourth-order valence-electron chi connectivity index (χ4n) is 4.22. The molecule has 0 aromatic heterocycles. The first kappa shape index (κ1) is 29.1. The van der Waals surface area contributed by atoms with Crippen molar-refractivity contribution in [3.63, 3.8) is 0 Å². The third-order valence-corrected chi connectivity index (χ3v) is 7.94. The number of rotatable bonds is 9. The predicted octanol–water partition coefficient (Wildman–Crippen LogP) is 7.39. The maximum Gasteiger partial charge on any atom is 0.416 e. The number of thioether (sulfide) groups is 2. The molecule has 2 aliphatic heterocycles. The van der Waals surface area contributed by atoms with Crippen LogP contribution in [0.3, 0.4) is 0 Å². The summed E-state index contributed by atoms with van der Waals surface area (Å²) in [6, 6.07) is 19.5. The molecule has 3 aromatic carbocycles. The number of hydrogen-bond donors (Lipinski definition) is 0. The van der Waals surface area contributed by atoms with E-state index >= 15 is 0 Å². The van der Waals surface area contributed by atoms with Crippen molar-refractivity contribution in [2.75, 3.05) is 24.9 Å². The number of ether oxygens (including phenoxy) is 1. The lowest BCUT2D eigenvalue weighted by atomic mass is 10.1. The van der Waals surface area contributed by atoms with Crippen LogP contribution >= 0.6 is 35.1 Å². The maximum atomic E-state index is 13.3. The Kier molecular flexibility index (Phi) is 8.67. The predicted molar refractivity (Wildman–Crippen MR) is 159 cm³/mol. The highest BCUT2D eigenvalue weighted by atomic mass is 35.5. The lowest BCUT2D eigenvalue weighted by molar-refractivity contribution is -0.137. The summed E-state index contributed by atoms with van der Waals surface area (Å²) in [5.74, 6) is 1.49. The van der Waals surface area contributed by atoms with Crippen molar-refractivity contribution < 1.29 is 17.9 Å². The summed E-state index contributed by atoms with van der Waals surface area (Å²) >= 11 is 10.0. The highest BCUT2D eigenvalue weighted by molar-refractivity contribution is 7.98. The van der Waals surface area contributed by atoms with E-state index in [0.29, 0.717) is 45.6 Å². The van der Waals surface area contributed by atoms with Crippen molar-refractivity contribution in [1.29, 1.82) is 0 Å². The molecule has 212 valence electrons. The van der Waals surface area contributed by atoms with Crippen LogP contribution in [0, 0.1) is 0 Å². The molecule has 0 unspecified atom stereocenters. The summed E-state index contributed by atoms with van der Waals surface area (Å²) in [5.41, 5.74) is 1.74. The lowest BCUT2D eigenvalue weighted by Crippen LogP contribution is -2.19. The molecular formula is C29H24ClF3N4O2S2. The van der Waals surface area contributed by atoms with E-state index < -0.39 is 17.3 Å². The van der Waals surface area contributed by atoms with E-state index in [-0.39, 0.29) is 12.2 Å². The van der Waals surface area contributed by atoms with Gasteiger partial charge in [0.1, 0.15) is 11.4 Å². The monoisotopic (exact) mass is 616 g/mol. The number of aromatic nitrogens is 4. The van der Waals surface area contributed by atoms with Crippen LogP contribution in [0.5, 0.6) is 5.75 Å². The normalized spacial score (nSPS) is 11.8. The van der Waals surface area contributed by atoms with Gasteiger partial charge in [-0.15, -0.1) is 11.8 Å². The zero-order chi connectivity index (χ0) is 29.1. The van der Waals surface area contributed by atoms with Crippen molar-refractivity contribution in [3.8, 4) is 34.1 Å². The third-order valence-electron chi connectivity index (χ3n) is 6.31. The Balaban J connectivity index is 1.59. The summed E-state index contributed by atoms with van der Waals surface area (Å²) in [4.78, 5) is 14.4. The Bertz CT molecular complexity index is 1690. The molecule has 5 rings (SSSR count). The van der Waals surface area contributed by atoms with E-state index in [0.717, 1.165) is 22.8 Å². The number of fused-ring (bicyclic) bond motifs is 1. The fraction of sp³-hybridized carbons (Fsp3) is 0.207. The molecule has 0 radical (unpaired) electrons. The second-order valence-corrected chi connectivity index (χ2v) is 11.3. The van der Waals surface area contributed by atoms with Crippen molar-refractivity contribution in [2.24, 2.45) is 0 Å². The van der Waals surface area contributed by atoms with Gasteiger partial charge in [0.25, 0.3) is 5.56 Å². The van der Waals surface area contributed by atoms with Gasteiger partial charge >= 0.3 is 6.18 Å². The minimum Gasteiger partial charge on any atom is -0.493 e. The van der Waals surface area contributed by atoms with Crippen LogP contribution in [0.4, 0.5) is 13.2 Å². The Morgan fingerprint density at radius 3 is 2.32 bits per heavy atom. The number of hydrogen-bond acceptors (Lipinski definition) is 6. The van der Waals surface area contributed by atoms with Gasteiger partial charge in [-0.3, -0.25) is 4.79 Å². The average Bonchev–Trinajstić information content (AvgIpc) is 3.26. The van der Waals surface area contributed by atoms with Crippen molar-refractivity contribution in [3.05, 3.63) is 99.3 Å². The third kappa shape index (κ3) is 6.42. The fourth-order valence-corrected chi connectivity index (χ4v) is 5.14. The van der Waals surface area contributed by atoms with Crippen LogP contribution in [0.25, 0.3) is 28.3 Å². The van der Waals surface area contributed by atoms with Gasteiger partial charge in [-0.1, -0.05) is 23.7 Å². The molecule has 3 aromatic rings. The van der Waals surface area contributed by atoms with Gasteiger partial charge in [-0.2, -0.15) is 35.1 Å². The minimum absolute atomic E-state index is 0.00603. The van der Waals surface area contributed by atoms with E-state index in [4.69, 9.17) is 16.3 Å². The first-order valence-corrected chi connectivity index (χ1v) is 15.4. The number of alkyl halides is 3. The van der Waals surface area contributed by atoms with E-state index in [2.05, 4.69) is 10.2 Å². The SMILES string of the molecule is CSCCOc1ccc(-c2cc3nn(Cc4ccc(C(F)(F)F)cc4)c(=O)c-3nn2-c2ccc(SC)cc2)c(Cl)c1. The van der Waals surface area contributed by atoms with Crippen LogP contribution in [0.15, 0.2) is 82.5 Å².